The van der Waals surface area contributed by atoms with E-state index >= 15 is 0 Å². The SMILES string of the molecule is COCc1ccc([C@H]2CCCN2Cc2ncc([C@H](C)O)s2)o1. The van der Waals surface area contributed by atoms with E-state index in [1.54, 1.807) is 31.6 Å². The Bertz CT molecular complexity index is 608. The van der Waals surface area contributed by atoms with Crippen molar-refractivity contribution in [3.63, 3.8) is 0 Å². The molecule has 0 aromatic carbocycles. The summed E-state index contributed by atoms with van der Waals surface area (Å²) in [6.07, 6.45) is 3.61. The number of thiazole rings is 1. The summed E-state index contributed by atoms with van der Waals surface area (Å²) in [5.41, 5.74) is 0. The average molecular weight is 322 g/mol. The van der Waals surface area contributed by atoms with E-state index in [-0.39, 0.29) is 0 Å². The Morgan fingerprint density at radius 1 is 1.55 bits per heavy atom. The van der Waals surface area contributed by atoms with Crippen LogP contribution in [0.1, 0.15) is 53.3 Å². The summed E-state index contributed by atoms with van der Waals surface area (Å²) in [7, 11) is 1.67. The molecule has 0 unspecified atom stereocenters. The Labute approximate surface area is 134 Å². The van der Waals surface area contributed by atoms with E-state index in [9.17, 15) is 5.11 Å². The van der Waals surface area contributed by atoms with Crippen LogP contribution in [-0.4, -0.2) is 28.6 Å². The standard InChI is InChI=1S/C16H22N2O3S/c1-11(19)15-8-17-16(22-15)9-18-7-3-4-13(18)14-6-5-12(21-14)10-20-2/h5-6,8,11,13,19H,3-4,7,9-10H2,1-2H3/t11-,13+/m0/s1. The molecule has 6 heteroatoms. The summed E-state index contributed by atoms with van der Waals surface area (Å²) < 4.78 is 11.0. The molecule has 2 atom stereocenters. The molecule has 1 fully saturated rings. The van der Waals surface area contributed by atoms with Crippen molar-refractivity contribution in [3.8, 4) is 0 Å². The van der Waals surface area contributed by atoms with E-state index < -0.39 is 6.10 Å². The van der Waals surface area contributed by atoms with E-state index in [4.69, 9.17) is 9.15 Å². The summed E-state index contributed by atoms with van der Waals surface area (Å²) in [4.78, 5) is 7.76. The van der Waals surface area contributed by atoms with Crippen molar-refractivity contribution in [2.45, 2.75) is 45.1 Å². The zero-order valence-corrected chi connectivity index (χ0v) is 13.8. The zero-order chi connectivity index (χ0) is 15.5. The molecular formula is C16H22N2O3S. The topological polar surface area (TPSA) is 58.7 Å². The summed E-state index contributed by atoms with van der Waals surface area (Å²) in [5.74, 6) is 1.88. The fourth-order valence-electron chi connectivity index (χ4n) is 2.90. The smallest absolute Gasteiger partial charge is 0.129 e. The summed E-state index contributed by atoms with van der Waals surface area (Å²) in [5, 5.41) is 10.7. The molecule has 0 spiro atoms. The van der Waals surface area contributed by atoms with E-state index in [2.05, 4.69) is 16.0 Å². The summed E-state index contributed by atoms with van der Waals surface area (Å²) in [6.45, 7) is 4.14. The van der Waals surface area contributed by atoms with Gasteiger partial charge in [-0.15, -0.1) is 11.3 Å². The highest BCUT2D eigenvalue weighted by Crippen LogP contribution is 2.35. The maximum atomic E-state index is 9.61. The van der Waals surface area contributed by atoms with E-state index in [1.807, 2.05) is 6.07 Å². The molecule has 22 heavy (non-hydrogen) atoms. The van der Waals surface area contributed by atoms with Crippen LogP contribution in [0.2, 0.25) is 0 Å². The third-order valence-corrected chi connectivity index (χ3v) is 5.14. The number of aliphatic hydroxyl groups excluding tert-OH is 1. The molecule has 0 aliphatic carbocycles. The maximum Gasteiger partial charge on any atom is 0.129 e. The molecule has 0 radical (unpaired) electrons. The first kappa shape index (κ1) is 15.7. The highest BCUT2D eigenvalue weighted by atomic mass is 32.1. The fourth-order valence-corrected chi connectivity index (χ4v) is 3.78. The van der Waals surface area contributed by atoms with Gasteiger partial charge in [0, 0.05) is 13.3 Å². The van der Waals surface area contributed by atoms with E-state index in [1.165, 1.54) is 6.42 Å². The van der Waals surface area contributed by atoms with Crippen LogP contribution in [0.5, 0.6) is 0 Å². The van der Waals surface area contributed by atoms with Crippen molar-refractivity contribution < 1.29 is 14.3 Å². The molecule has 2 aromatic heterocycles. The first-order valence-corrected chi connectivity index (χ1v) is 8.43. The molecule has 2 aromatic rings. The van der Waals surface area contributed by atoms with Gasteiger partial charge >= 0.3 is 0 Å². The molecule has 1 saturated heterocycles. The lowest BCUT2D eigenvalue weighted by Gasteiger charge is -2.21. The van der Waals surface area contributed by atoms with Crippen molar-refractivity contribution in [1.82, 2.24) is 9.88 Å². The predicted octanol–water partition coefficient (Wildman–Crippen LogP) is 3.27. The van der Waals surface area contributed by atoms with Crippen molar-refractivity contribution in [3.05, 3.63) is 39.7 Å². The number of nitrogens with zero attached hydrogens (tertiary/aromatic N) is 2. The minimum atomic E-state index is -0.442. The molecule has 1 N–H and O–H groups in total. The molecule has 120 valence electrons. The number of aromatic nitrogens is 1. The molecule has 0 amide bonds. The van der Waals surface area contributed by atoms with Crippen LogP contribution in [0.15, 0.2) is 22.7 Å². The molecule has 0 bridgehead atoms. The van der Waals surface area contributed by atoms with Crippen LogP contribution < -0.4 is 0 Å². The fraction of sp³-hybridized carbons (Fsp3) is 0.562. The molecule has 0 saturated carbocycles. The third kappa shape index (κ3) is 3.41. The number of likely N-dealkylation sites (tertiary alicyclic amines) is 1. The monoisotopic (exact) mass is 322 g/mol. The second-order valence-electron chi connectivity index (χ2n) is 5.70. The van der Waals surface area contributed by atoms with Crippen LogP contribution in [0.3, 0.4) is 0 Å². The summed E-state index contributed by atoms with van der Waals surface area (Å²) >= 11 is 1.58. The van der Waals surface area contributed by atoms with Crippen LogP contribution in [0.4, 0.5) is 0 Å². The lowest BCUT2D eigenvalue weighted by Crippen LogP contribution is -2.22. The lowest BCUT2D eigenvalue weighted by molar-refractivity contribution is 0.155. The first-order chi connectivity index (χ1) is 10.7. The summed E-state index contributed by atoms with van der Waals surface area (Å²) in [6, 6.07) is 4.36. The van der Waals surface area contributed by atoms with Gasteiger partial charge in [-0.1, -0.05) is 0 Å². The average Bonchev–Trinajstić information content (AvgIpc) is 3.19. The largest absolute Gasteiger partial charge is 0.462 e. The van der Waals surface area contributed by atoms with Crippen LogP contribution in [-0.2, 0) is 17.9 Å². The second-order valence-corrected chi connectivity index (χ2v) is 6.84. The van der Waals surface area contributed by atoms with Crippen molar-refractivity contribution >= 4 is 11.3 Å². The molecule has 1 aliphatic heterocycles. The molecule has 1 aliphatic rings. The molecule has 3 rings (SSSR count). The van der Waals surface area contributed by atoms with Crippen molar-refractivity contribution in [2.24, 2.45) is 0 Å². The number of furan rings is 1. The molecular weight excluding hydrogens is 300 g/mol. The van der Waals surface area contributed by atoms with Gasteiger partial charge in [-0.2, -0.15) is 0 Å². The quantitative estimate of drug-likeness (QED) is 0.884. The highest BCUT2D eigenvalue weighted by molar-refractivity contribution is 7.11. The van der Waals surface area contributed by atoms with Crippen LogP contribution in [0.25, 0.3) is 0 Å². The maximum absolute atomic E-state index is 9.61. The Hall–Kier alpha value is -1.21. The zero-order valence-electron chi connectivity index (χ0n) is 13.0. The Kier molecular flexibility index (Phi) is 4.93. The van der Waals surface area contributed by atoms with Gasteiger partial charge < -0.3 is 14.3 Å². The Morgan fingerprint density at radius 3 is 3.14 bits per heavy atom. The number of hydrogen-bond donors (Lipinski definition) is 1. The number of aliphatic hydroxyl groups is 1. The van der Waals surface area contributed by atoms with E-state index in [0.29, 0.717) is 12.6 Å². The van der Waals surface area contributed by atoms with Gasteiger partial charge in [-0.3, -0.25) is 4.90 Å². The highest BCUT2D eigenvalue weighted by Gasteiger charge is 2.29. The van der Waals surface area contributed by atoms with Crippen LogP contribution in [0, 0.1) is 0 Å². The first-order valence-electron chi connectivity index (χ1n) is 7.61. The minimum absolute atomic E-state index is 0.310. The number of hydrogen-bond acceptors (Lipinski definition) is 6. The van der Waals surface area contributed by atoms with Gasteiger partial charge in [0.15, 0.2) is 0 Å². The van der Waals surface area contributed by atoms with E-state index in [0.717, 1.165) is 40.9 Å². The molecule has 5 nitrogen and oxygen atoms in total. The number of ether oxygens (including phenoxy) is 1. The van der Waals surface area contributed by atoms with Crippen molar-refractivity contribution in [2.75, 3.05) is 13.7 Å². The van der Waals surface area contributed by atoms with Crippen molar-refractivity contribution in [1.29, 1.82) is 0 Å². The lowest BCUT2D eigenvalue weighted by atomic mass is 10.2. The van der Waals surface area contributed by atoms with Crippen LogP contribution >= 0.6 is 11.3 Å². The minimum Gasteiger partial charge on any atom is -0.462 e. The molecule has 3 heterocycles. The van der Waals surface area contributed by atoms with Gasteiger partial charge in [0.1, 0.15) is 23.1 Å². The second kappa shape index (κ2) is 6.91. The third-order valence-electron chi connectivity index (χ3n) is 3.98. The van der Waals surface area contributed by atoms with Gasteiger partial charge in [0.2, 0.25) is 0 Å². The normalized spacial score (nSPS) is 20.6. The van der Waals surface area contributed by atoms with Gasteiger partial charge in [-0.25, -0.2) is 4.98 Å². The van der Waals surface area contributed by atoms with Gasteiger partial charge in [0.25, 0.3) is 0 Å². The van der Waals surface area contributed by atoms with Gasteiger partial charge in [-0.05, 0) is 38.4 Å². The predicted molar refractivity (Wildman–Crippen MR) is 84.6 cm³/mol. The number of methoxy groups -OCH3 is 1. The number of rotatable bonds is 6. The Morgan fingerprint density at radius 2 is 2.41 bits per heavy atom. The Balaban J connectivity index is 1.69. The van der Waals surface area contributed by atoms with Gasteiger partial charge in [0.05, 0.1) is 23.6 Å².